The Morgan fingerprint density at radius 2 is 1.93 bits per heavy atom. The standard InChI is InChI=1S/C20H19ClFN3O3/c1-3-12(2)25-19(27)14-6-4-5-7-17(14)24(20(25)28)11-18(26)23-13-8-9-16(22)15(21)10-13/h4-10,12H,3,11H2,1-2H3,(H,23,26). The second kappa shape index (κ2) is 7.98. The summed E-state index contributed by atoms with van der Waals surface area (Å²) in [5, 5.41) is 2.83. The molecular formula is C20H19ClFN3O3. The van der Waals surface area contributed by atoms with Crippen LogP contribution in [-0.2, 0) is 11.3 Å². The van der Waals surface area contributed by atoms with E-state index < -0.39 is 17.4 Å². The van der Waals surface area contributed by atoms with Crippen LogP contribution in [0, 0.1) is 5.82 Å². The molecule has 0 spiro atoms. The number of nitrogens with one attached hydrogen (secondary N) is 1. The van der Waals surface area contributed by atoms with Gasteiger partial charge in [0.25, 0.3) is 5.56 Å². The molecule has 1 atom stereocenters. The number of hydrogen-bond donors (Lipinski definition) is 1. The summed E-state index contributed by atoms with van der Waals surface area (Å²) in [6.45, 7) is 3.36. The third-order valence-corrected chi connectivity index (χ3v) is 4.91. The van der Waals surface area contributed by atoms with Crippen LogP contribution in [0.1, 0.15) is 26.3 Å². The summed E-state index contributed by atoms with van der Waals surface area (Å²) >= 11 is 5.73. The van der Waals surface area contributed by atoms with Crippen molar-refractivity contribution in [2.45, 2.75) is 32.9 Å². The molecule has 3 rings (SSSR count). The van der Waals surface area contributed by atoms with E-state index in [0.717, 1.165) is 6.07 Å². The molecule has 1 heterocycles. The van der Waals surface area contributed by atoms with Crippen LogP contribution in [0.3, 0.4) is 0 Å². The van der Waals surface area contributed by atoms with E-state index >= 15 is 0 Å². The van der Waals surface area contributed by atoms with E-state index in [9.17, 15) is 18.8 Å². The molecule has 0 aliphatic heterocycles. The average molecular weight is 404 g/mol. The first-order valence-electron chi connectivity index (χ1n) is 8.82. The van der Waals surface area contributed by atoms with E-state index in [2.05, 4.69) is 5.32 Å². The van der Waals surface area contributed by atoms with Gasteiger partial charge in [-0.1, -0.05) is 30.7 Å². The highest BCUT2D eigenvalue weighted by Crippen LogP contribution is 2.19. The molecular weight excluding hydrogens is 385 g/mol. The predicted octanol–water partition coefficient (Wildman–Crippen LogP) is 3.57. The van der Waals surface area contributed by atoms with Crippen LogP contribution >= 0.6 is 11.6 Å². The van der Waals surface area contributed by atoms with Crippen LogP contribution in [0.4, 0.5) is 10.1 Å². The first kappa shape index (κ1) is 19.8. The van der Waals surface area contributed by atoms with Gasteiger partial charge >= 0.3 is 5.69 Å². The van der Waals surface area contributed by atoms with Gasteiger partial charge in [-0.15, -0.1) is 0 Å². The highest BCUT2D eigenvalue weighted by atomic mass is 35.5. The predicted molar refractivity (Wildman–Crippen MR) is 108 cm³/mol. The summed E-state index contributed by atoms with van der Waals surface area (Å²) < 4.78 is 15.7. The molecule has 1 N–H and O–H groups in total. The van der Waals surface area contributed by atoms with Crippen molar-refractivity contribution < 1.29 is 9.18 Å². The lowest BCUT2D eigenvalue weighted by Gasteiger charge is -2.17. The molecule has 0 radical (unpaired) electrons. The van der Waals surface area contributed by atoms with Gasteiger partial charge in [-0.25, -0.2) is 9.18 Å². The van der Waals surface area contributed by atoms with Crippen LogP contribution in [0.5, 0.6) is 0 Å². The van der Waals surface area contributed by atoms with Crippen LogP contribution < -0.4 is 16.6 Å². The smallest absolute Gasteiger partial charge is 0.324 e. The second-order valence-corrected chi connectivity index (χ2v) is 6.90. The van der Waals surface area contributed by atoms with Gasteiger partial charge in [0.15, 0.2) is 0 Å². The summed E-state index contributed by atoms with van der Waals surface area (Å²) in [7, 11) is 0. The van der Waals surface area contributed by atoms with Crippen molar-refractivity contribution in [2.75, 3.05) is 5.32 Å². The van der Waals surface area contributed by atoms with Crippen molar-refractivity contribution in [2.24, 2.45) is 0 Å². The van der Waals surface area contributed by atoms with Gasteiger partial charge in [0.05, 0.1) is 15.9 Å². The van der Waals surface area contributed by atoms with Gasteiger partial charge in [-0.05, 0) is 43.7 Å². The molecule has 0 aliphatic rings. The fourth-order valence-corrected chi connectivity index (χ4v) is 3.16. The van der Waals surface area contributed by atoms with Crippen molar-refractivity contribution in [3.63, 3.8) is 0 Å². The minimum Gasteiger partial charge on any atom is -0.324 e. The van der Waals surface area contributed by atoms with Gasteiger partial charge in [-0.2, -0.15) is 0 Å². The molecule has 0 aliphatic carbocycles. The molecule has 3 aromatic rings. The lowest BCUT2D eigenvalue weighted by Crippen LogP contribution is -2.43. The van der Waals surface area contributed by atoms with Gasteiger partial charge < -0.3 is 5.32 Å². The topological polar surface area (TPSA) is 73.1 Å². The number of amides is 1. The zero-order valence-electron chi connectivity index (χ0n) is 15.4. The monoisotopic (exact) mass is 403 g/mol. The molecule has 146 valence electrons. The number of carbonyl (C=O) groups is 1. The lowest BCUT2D eigenvalue weighted by atomic mass is 10.2. The van der Waals surface area contributed by atoms with E-state index in [1.807, 2.05) is 6.92 Å². The van der Waals surface area contributed by atoms with Crippen LogP contribution in [-0.4, -0.2) is 15.0 Å². The minimum absolute atomic E-state index is 0.120. The minimum atomic E-state index is -0.595. The molecule has 0 saturated heterocycles. The summed E-state index contributed by atoms with van der Waals surface area (Å²) in [5.41, 5.74) is -0.240. The molecule has 1 aromatic heterocycles. The molecule has 0 fully saturated rings. The Balaban J connectivity index is 2.04. The van der Waals surface area contributed by atoms with E-state index in [1.54, 1.807) is 31.2 Å². The molecule has 1 amide bonds. The number of hydrogen-bond acceptors (Lipinski definition) is 3. The maximum Gasteiger partial charge on any atom is 0.332 e. The molecule has 8 heteroatoms. The zero-order valence-corrected chi connectivity index (χ0v) is 16.2. The van der Waals surface area contributed by atoms with E-state index in [-0.39, 0.29) is 23.2 Å². The number of fused-ring (bicyclic) bond motifs is 1. The Morgan fingerprint density at radius 1 is 1.21 bits per heavy atom. The first-order chi connectivity index (χ1) is 13.3. The van der Waals surface area contributed by atoms with Crippen molar-refractivity contribution >= 4 is 34.1 Å². The molecule has 1 unspecified atom stereocenters. The summed E-state index contributed by atoms with van der Waals surface area (Å²) in [5.74, 6) is -1.09. The Labute approximate surface area is 165 Å². The number of halogens is 2. The highest BCUT2D eigenvalue weighted by molar-refractivity contribution is 6.31. The van der Waals surface area contributed by atoms with Crippen molar-refractivity contribution in [3.05, 3.63) is 74.1 Å². The molecule has 2 aromatic carbocycles. The quantitative estimate of drug-likeness (QED) is 0.707. The zero-order chi connectivity index (χ0) is 20.4. The number of aromatic nitrogens is 2. The van der Waals surface area contributed by atoms with Gasteiger partial charge in [0, 0.05) is 11.7 Å². The molecule has 6 nitrogen and oxygen atoms in total. The summed E-state index contributed by atoms with van der Waals surface area (Å²) in [6.07, 6.45) is 0.591. The highest BCUT2D eigenvalue weighted by Gasteiger charge is 2.18. The summed E-state index contributed by atoms with van der Waals surface area (Å²) in [4.78, 5) is 38.2. The third-order valence-electron chi connectivity index (χ3n) is 4.62. The van der Waals surface area contributed by atoms with E-state index in [1.165, 1.54) is 21.3 Å². The maximum absolute atomic E-state index is 13.3. The SMILES string of the molecule is CCC(C)n1c(=O)c2ccccc2n(CC(=O)Nc2ccc(F)c(Cl)c2)c1=O. The lowest BCUT2D eigenvalue weighted by molar-refractivity contribution is -0.116. The van der Waals surface area contributed by atoms with E-state index in [0.29, 0.717) is 23.0 Å². The Hall–Kier alpha value is -2.93. The first-order valence-corrected chi connectivity index (χ1v) is 9.20. The number of benzene rings is 2. The van der Waals surface area contributed by atoms with Crippen LogP contribution in [0.15, 0.2) is 52.1 Å². The number of para-hydroxylation sites is 1. The van der Waals surface area contributed by atoms with Gasteiger partial charge in [0.1, 0.15) is 12.4 Å². The number of nitrogens with zero attached hydrogens (tertiary/aromatic N) is 2. The Kier molecular flexibility index (Phi) is 5.65. The number of carbonyl (C=O) groups excluding carboxylic acids is 1. The van der Waals surface area contributed by atoms with Crippen molar-refractivity contribution in [1.82, 2.24) is 9.13 Å². The molecule has 0 bridgehead atoms. The fourth-order valence-electron chi connectivity index (χ4n) is 2.98. The Bertz CT molecular complexity index is 1170. The third kappa shape index (κ3) is 3.71. The van der Waals surface area contributed by atoms with Crippen LogP contribution in [0.2, 0.25) is 5.02 Å². The average Bonchev–Trinajstić information content (AvgIpc) is 2.68. The second-order valence-electron chi connectivity index (χ2n) is 6.50. The normalized spacial score (nSPS) is 12.1. The molecule has 28 heavy (non-hydrogen) atoms. The number of anilines is 1. The number of rotatable bonds is 5. The largest absolute Gasteiger partial charge is 0.332 e. The van der Waals surface area contributed by atoms with Crippen molar-refractivity contribution in [1.29, 1.82) is 0 Å². The molecule has 0 saturated carbocycles. The Morgan fingerprint density at radius 3 is 2.61 bits per heavy atom. The van der Waals surface area contributed by atoms with Crippen molar-refractivity contribution in [3.8, 4) is 0 Å². The summed E-state index contributed by atoms with van der Waals surface area (Å²) in [6, 6.07) is 10.2. The fraction of sp³-hybridized carbons (Fsp3) is 0.250. The van der Waals surface area contributed by atoms with Gasteiger partial charge in [-0.3, -0.25) is 18.7 Å². The maximum atomic E-state index is 13.3. The van der Waals surface area contributed by atoms with Gasteiger partial charge in [0.2, 0.25) is 5.91 Å². The van der Waals surface area contributed by atoms with Crippen LogP contribution in [0.25, 0.3) is 10.9 Å². The van der Waals surface area contributed by atoms with E-state index in [4.69, 9.17) is 11.6 Å².